The van der Waals surface area contributed by atoms with Crippen molar-refractivity contribution in [2.24, 2.45) is 11.3 Å². The van der Waals surface area contributed by atoms with Gasteiger partial charge in [0.25, 0.3) is 0 Å². The Morgan fingerprint density at radius 3 is 2.64 bits per heavy atom. The summed E-state index contributed by atoms with van der Waals surface area (Å²) in [7, 11) is 0. The lowest BCUT2D eigenvalue weighted by Gasteiger charge is -2.40. The second kappa shape index (κ2) is 14.1. The fourth-order valence-electron chi connectivity index (χ4n) is 7.12. The first-order chi connectivity index (χ1) is 21.5. The fraction of sp³-hybridized carbons (Fsp3) is 0.618. The van der Waals surface area contributed by atoms with Crippen LogP contribution in [0, 0.1) is 11.3 Å². The Balaban J connectivity index is 1.22. The maximum absolute atomic E-state index is 14.2. The molecule has 2 aliphatic heterocycles. The van der Waals surface area contributed by atoms with Crippen molar-refractivity contribution in [1.82, 2.24) is 15.2 Å². The highest BCUT2D eigenvalue weighted by Crippen LogP contribution is 2.47. The fourth-order valence-corrected chi connectivity index (χ4v) is 7.12. The average molecular weight is 632 g/mol. The molecule has 1 aliphatic carbocycles. The van der Waals surface area contributed by atoms with Crippen molar-refractivity contribution >= 4 is 11.9 Å². The van der Waals surface area contributed by atoms with Gasteiger partial charge >= 0.3 is 12.1 Å². The largest absolute Gasteiger partial charge is 0.494 e. The number of fused-ring (bicyclic) bond motifs is 1. The lowest BCUT2D eigenvalue weighted by Crippen LogP contribution is -2.49. The van der Waals surface area contributed by atoms with E-state index in [0.717, 1.165) is 45.3 Å². The predicted octanol–water partition coefficient (Wildman–Crippen LogP) is 6.05. The zero-order chi connectivity index (χ0) is 32.2. The summed E-state index contributed by atoms with van der Waals surface area (Å²) in [5.41, 5.74) is -0.0437. The standard InChI is InChI=1S/C34H44F3N3O5/c1-22(2)33(13-9-26(20-33)38-25-11-16-44-17-12-25)32(43)40-14-10-29-24(21-40)19-28(34(35,36)37)30(39-29)8-3-4-15-45-27-7-5-6-23(18-27)31(41)42/h5-7,18-19,22,25-26,38H,3-4,8-17,20-21H2,1-2H3,(H,41,42)/t26-,33+/m1/s1. The molecule has 0 spiro atoms. The first kappa shape index (κ1) is 33.2. The smallest absolute Gasteiger partial charge is 0.418 e. The Bertz CT molecular complexity index is 1360. The third kappa shape index (κ3) is 7.80. The van der Waals surface area contributed by atoms with Gasteiger partial charge in [-0.05, 0) is 87.1 Å². The van der Waals surface area contributed by atoms with E-state index < -0.39 is 23.1 Å². The molecule has 2 atom stereocenters. The summed E-state index contributed by atoms with van der Waals surface area (Å²) in [6.07, 6.45) is 1.27. The highest BCUT2D eigenvalue weighted by Gasteiger charge is 2.50. The van der Waals surface area contributed by atoms with Crippen LogP contribution >= 0.6 is 0 Å². The topological polar surface area (TPSA) is 101 Å². The van der Waals surface area contributed by atoms with Gasteiger partial charge in [-0.15, -0.1) is 0 Å². The number of hydrogen-bond acceptors (Lipinski definition) is 6. The van der Waals surface area contributed by atoms with Crippen LogP contribution in [0.4, 0.5) is 13.2 Å². The summed E-state index contributed by atoms with van der Waals surface area (Å²) in [4.78, 5) is 31.5. The van der Waals surface area contributed by atoms with Gasteiger partial charge in [0, 0.05) is 50.5 Å². The number of nitrogens with zero attached hydrogens (tertiary/aromatic N) is 2. The molecule has 246 valence electrons. The lowest BCUT2D eigenvalue weighted by atomic mass is 9.74. The Hall–Kier alpha value is -3.18. The number of benzene rings is 1. The first-order valence-electron chi connectivity index (χ1n) is 16.1. The van der Waals surface area contributed by atoms with E-state index in [1.807, 2.05) is 0 Å². The molecule has 2 aromatic rings. The van der Waals surface area contributed by atoms with E-state index in [1.54, 1.807) is 17.0 Å². The van der Waals surface area contributed by atoms with Crippen molar-refractivity contribution in [3.63, 3.8) is 0 Å². The number of pyridine rings is 1. The Morgan fingerprint density at radius 1 is 1.16 bits per heavy atom. The average Bonchev–Trinajstić information content (AvgIpc) is 3.45. The van der Waals surface area contributed by atoms with Gasteiger partial charge in [-0.25, -0.2) is 4.79 Å². The van der Waals surface area contributed by atoms with Gasteiger partial charge in [0.2, 0.25) is 5.91 Å². The van der Waals surface area contributed by atoms with Crippen molar-refractivity contribution in [1.29, 1.82) is 0 Å². The van der Waals surface area contributed by atoms with E-state index in [9.17, 15) is 22.8 Å². The lowest BCUT2D eigenvalue weighted by molar-refractivity contribution is -0.146. The highest BCUT2D eigenvalue weighted by molar-refractivity contribution is 5.88. The quantitative estimate of drug-likeness (QED) is 0.291. The number of aromatic nitrogens is 1. The molecular formula is C34H44F3N3O5. The summed E-state index contributed by atoms with van der Waals surface area (Å²) in [6.45, 7) is 6.50. The number of unbranched alkanes of at least 4 members (excludes halogenated alkanes) is 1. The number of amides is 1. The van der Waals surface area contributed by atoms with Crippen molar-refractivity contribution in [2.75, 3.05) is 26.4 Å². The predicted molar refractivity (Wildman–Crippen MR) is 162 cm³/mol. The normalized spacial score (nSPS) is 22.4. The molecule has 5 rings (SSSR count). The monoisotopic (exact) mass is 631 g/mol. The van der Waals surface area contributed by atoms with E-state index in [2.05, 4.69) is 24.1 Å². The van der Waals surface area contributed by atoms with Crippen molar-refractivity contribution in [3.05, 3.63) is 58.4 Å². The number of carboxylic acid groups (broad SMARTS) is 1. The zero-order valence-electron chi connectivity index (χ0n) is 26.1. The molecule has 3 heterocycles. The van der Waals surface area contributed by atoms with Crippen LogP contribution in [-0.2, 0) is 35.1 Å². The van der Waals surface area contributed by atoms with Gasteiger partial charge in [0.15, 0.2) is 0 Å². The van der Waals surface area contributed by atoms with E-state index in [1.165, 1.54) is 18.2 Å². The van der Waals surface area contributed by atoms with Gasteiger partial charge in [-0.1, -0.05) is 19.9 Å². The summed E-state index contributed by atoms with van der Waals surface area (Å²) in [6, 6.07) is 7.96. The van der Waals surface area contributed by atoms with Crippen LogP contribution in [0.15, 0.2) is 30.3 Å². The van der Waals surface area contributed by atoms with Gasteiger partial charge < -0.3 is 24.8 Å². The Morgan fingerprint density at radius 2 is 1.93 bits per heavy atom. The van der Waals surface area contributed by atoms with E-state index >= 15 is 0 Å². The SMILES string of the molecule is CC(C)[C@]1(C(=O)N2CCc3nc(CCCCOc4cccc(C(=O)O)c4)c(C(F)(F)F)cc3C2)CC[C@@H](NC2CCOCC2)C1. The van der Waals surface area contributed by atoms with Crippen LogP contribution in [0.1, 0.15) is 91.7 Å². The zero-order valence-corrected chi connectivity index (χ0v) is 26.1. The Labute approximate surface area is 262 Å². The van der Waals surface area contributed by atoms with Crippen molar-refractivity contribution in [3.8, 4) is 5.75 Å². The molecule has 0 unspecified atom stereocenters. The summed E-state index contributed by atoms with van der Waals surface area (Å²) in [5, 5.41) is 12.9. The molecule has 1 aromatic carbocycles. The summed E-state index contributed by atoms with van der Waals surface area (Å²) < 4.78 is 53.7. The van der Waals surface area contributed by atoms with E-state index in [0.29, 0.717) is 48.9 Å². The molecule has 45 heavy (non-hydrogen) atoms. The highest BCUT2D eigenvalue weighted by atomic mass is 19.4. The number of halogens is 3. The molecule has 2 N–H and O–H groups in total. The second-order valence-corrected chi connectivity index (χ2v) is 13.0. The number of rotatable bonds is 11. The number of hydrogen-bond donors (Lipinski definition) is 2. The molecule has 1 saturated carbocycles. The minimum Gasteiger partial charge on any atom is -0.494 e. The number of carbonyl (C=O) groups excluding carboxylic acids is 1. The molecule has 1 amide bonds. The first-order valence-corrected chi connectivity index (χ1v) is 16.1. The number of aryl methyl sites for hydroxylation is 1. The minimum absolute atomic E-state index is 0.0189. The minimum atomic E-state index is -4.56. The molecule has 1 saturated heterocycles. The number of ether oxygens (including phenoxy) is 2. The molecule has 2 fully saturated rings. The van der Waals surface area contributed by atoms with Crippen LogP contribution in [0.5, 0.6) is 5.75 Å². The number of aromatic carboxylic acids is 1. The number of nitrogens with one attached hydrogen (secondary N) is 1. The van der Waals surface area contributed by atoms with Crippen LogP contribution in [0.3, 0.4) is 0 Å². The molecular weight excluding hydrogens is 587 g/mol. The Kier molecular flexibility index (Phi) is 10.4. The molecule has 0 radical (unpaired) electrons. The van der Waals surface area contributed by atoms with Gasteiger partial charge in [0.05, 0.1) is 28.8 Å². The third-order valence-electron chi connectivity index (χ3n) is 9.77. The van der Waals surface area contributed by atoms with Crippen LogP contribution in [-0.4, -0.2) is 65.3 Å². The van der Waals surface area contributed by atoms with Crippen LogP contribution in [0.2, 0.25) is 0 Å². The van der Waals surface area contributed by atoms with Gasteiger partial charge in [-0.3, -0.25) is 9.78 Å². The molecule has 1 aromatic heterocycles. The van der Waals surface area contributed by atoms with Gasteiger partial charge in [0.1, 0.15) is 5.75 Å². The summed E-state index contributed by atoms with van der Waals surface area (Å²) in [5.74, 6) is -0.494. The number of alkyl halides is 3. The van der Waals surface area contributed by atoms with Crippen LogP contribution in [0.25, 0.3) is 0 Å². The maximum Gasteiger partial charge on any atom is 0.418 e. The van der Waals surface area contributed by atoms with E-state index in [-0.39, 0.29) is 48.7 Å². The second-order valence-electron chi connectivity index (χ2n) is 13.0. The number of carboxylic acids is 1. The summed E-state index contributed by atoms with van der Waals surface area (Å²) >= 11 is 0. The van der Waals surface area contributed by atoms with Crippen LogP contribution < -0.4 is 10.1 Å². The van der Waals surface area contributed by atoms with E-state index in [4.69, 9.17) is 14.6 Å². The molecule has 8 nitrogen and oxygen atoms in total. The van der Waals surface area contributed by atoms with Gasteiger partial charge in [-0.2, -0.15) is 13.2 Å². The van der Waals surface area contributed by atoms with Crippen molar-refractivity contribution in [2.45, 2.75) is 96.4 Å². The molecule has 3 aliphatic rings. The third-order valence-corrected chi connectivity index (χ3v) is 9.77. The molecule has 0 bridgehead atoms. The number of carbonyl (C=O) groups is 2. The maximum atomic E-state index is 14.2. The van der Waals surface area contributed by atoms with Crippen molar-refractivity contribution < 1.29 is 37.3 Å². The molecule has 11 heteroatoms.